The molecule has 3 nitrogen and oxygen atoms in total. The summed E-state index contributed by atoms with van der Waals surface area (Å²) in [4.78, 5) is 0. The monoisotopic (exact) mass is 248 g/mol. The van der Waals surface area contributed by atoms with Crippen LogP contribution in [0.15, 0.2) is 24.3 Å². The van der Waals surface area contributed by atoms with Crippen LogP contribution in [-0.4, -0.2) is 32.3 Å². The maximum Gasteiger partial charge on any atom is 0.0716 e. The summed E-state index contributed by atoms with van der Waals surface area (Å²) in [6, 6.07) is 8.77. The molecule has 0 spiro atoms. The van der Waals surface area contributed by atoms with Gasteiger partial charge in [0.25, 0.3) is 0 Å². The van der Waals surface area contributed by atoms with Gasteiger partial charge in [0, 0.05) is 25.3 Å². The van der Waals surface area contributed by atoms with E-state index in [-0.39, 0.29) is 0 Å². The molecule has 0 radical (unpaired) electrons. The SMILES string of the molecule is CCCc1ccc(NCCC2CNCCO2)cc1. The third kappa shape index (κ3) is 4.31. The Hall–Kier alpha value is -1.06. The van der Waals surface area contributed by atoms with Gasteiger partial charge in [-0.15, -0.1) is 0 Å². The molecule has 0 amide bonds. The fourth-order valence-corrected chi connectivity index (χ4v) is 2.26. The minimum atomic E-state index is 0.366. The predicted molar refractivity (Wildman–Crippen MR) is 76.2 cm³/mol. The number of benzene rings is 1. The third-order valence-electron chi connectivity index (χ3n) is 3.29. The van der Waals surface area contributed by atoms with E-state index < -0.39 is 0 Å². The van der Waals surface area contributed by atoms with E-state index in [0.29, 0.717) is 6.10 Å². The van der Waals surface area contributed by atoms with Crippen LogP contribution in [0.3, 0.4) is 0 Å². The second kappa shape index (κ2) is 7.39. The molecule has 0 saturated carbocycles. The van der Waals surface area contributed by atoms with Gasteiger partial charge in [-0.2, -0.15) is 0 Å². The van der Waals surface area contributed by atoms with Crippen molar-refractivity contribution in [3.63, 3.8) is 0 Å². The molecule has 1 aliphatic rings. The summed E-state index contributed by atoms with van der Waals surface area (Å²) in [5.74, 6) is 0. The summed E-state index contributed by atoms with van der Waals surface area (Å²) >= 11 is 0. The summed E-state index contributed by atoms with van der Waals surface area (Å²) in [6.45, 7) is 6.00. The summed E-state index contributed by atoms with van der Waals surface area (Å²) < 4.78 is 5.66. The first-order valence-corrected chi connectivity index (χ1v) is 7.03. The highest BCUT2D eigenvalue weighted by Crippen LogP contribution is 2.11. The molecule has 1 heterocycles. The maximum atomic E-state index is 5.66. The number of nitrogens with one attached hydrogen (secondary N) is 2. The van der Waals surface area contributed by atoms with E-state index in [2.05, 4.69) is 41.8 Å². The summed E-state index contributed by atoms with van der Waals surface area (Å²) in [7, 11) is 0. The van der Waals surface area contributed by atoms with Gasteiger partial charge in [0.2, 0.25) is 0 Å². The summed E-state index contributed by atoms with van der Waals surface area (Å²) in [6.07, 6.45) is 3.80. The number of anilines is 1. The van der Waals surface area contributed by atoms with Gasteiger partial charge < -0.3 is 15.4 Å². The second-order valence-corrected chi connectivity index (χ2v) is 4.86. The van der Waals surface area contributed by atoms with Crippen molar-refractivity contribution in [3.05, 3.63) is 29.8 Å². The number of hydrogen-bond donors (Lipinski definition) is 2. The lowest BCUT2D eigenvalue weighted by atomic mass is 10.1. The highest BCUT2D eigenvalue weighted by molar-refractivity contribution is 5.44. The summed E-state index contributed by atoms with van der Waals surface area (Å²) in [5, 5.41) is 6.81. The normalized spacial score (nSPS) is 19.7. The van der Waals surface area contributed by atoms with Crippen molar-refractivity contribution in [1.29, 1.82) is 0 Å². The Morgan fingerprint density at radius 2 is 2.17 bits per heavy atom. The van der Waals surface area contributed by atoms with E-state index in [4.69, 9.17) is 4.74 Å². The molecular formula is C15H24N2O. The van der Waals surface area contributed by atoms with Crippen molar-refractivity contribution >= 4 is 5.69 Å². The molecule has 2 rings (SSSR count). The highest BCUT2D eigenvalue weighted by atomic mass is 16.5. The molecule has 1 aromatic carbocycles. The van der Waals surface area contributed by atoms with Crippen LogP contribution in [0, 0.1) is 0 Å². The zero-order chi connectivity index (χ0) is 12.6. The van der Waals surface area contributed by atoms with Crippen molar-refractivity contribution in [2.45, 2.75) is 32.3 Å². The number of ether oxygens (including phenoxy) is 1. The minimum Gasteiger partial charge on any atom is -0.385 e. The van der Waals surface area contributed by atoms with Crippen molar-refractivity contribution in [2.75, 3.05) is 31.6 Å². The van der Waals surface area contributed by atoms with E-state index in [1.165, 1.54) is 24.1 Å². The zero-order valence-corrected chi connectivity index (χ0v) is 11.2. The molecule has 2 N–H and O–H groups in total. The van der Waals surface area contributed by atoms with Crippen LogP contribution in [0.4, 0.5) is 5.69 Å². The van der Waals surface area contributed by atoms with Crippen LogP contribution < -0.4 is 10.6 Å². The quantitative estimate of drug-likeness (QED) is 0.811. The first-order chi connectivity index (χ1) is 8.88. The number of morpholine rings is 1. The average molecular weight is 248 g/mol. The van der Waals surface area contributed by atoms with Gasteiger partial charge in [-0.1, -0.05) is 25.5 Å². The van der Waals surface area contributed by atoms with Crippen LogP contribution in [-0.2, 0) is 11.2 Å². The Balaban J connectivity index is 1.69. The van der Waals surface area contributed by atoms with Gasteiger partial charge in [0.1, 0.15) is 0 Å². The van der Waals surface area contributed by atoms with Crippen LogP contribution in [0.2, 0.25) is 0 Å². The molecule has 1 saturated heterocycles. The standard InChI is InChI=1S/C15H24N2O/c1-2-3-13-4-6-14(7-5-13)17-9-8-15-12-16-10-11-18-15/h4-7,15-17H,2-3,8-12H2,1H3. The van der Waals surface area contributed by atoms with Gasteiger partial charge in [-0.25, -0.2) is 0 Å². The van der Waals surface area contributed by atoms with Crippen LogP contribution in [0.5, 0.6) is 0 Å². The lowest BCUT2D eigenvalue weighted by molar-refractivity contribution is 0.0258. The zero-order valence-electron chi connectivity index (χ0n) is 11.2. The van der Waals surface area contributed by atoms with E-state index in [1.54, 1.807) is 0 Å². The van der Waals surface area contributed by atoms with Crippen LogP contribution in [0.1, 0.15) is 25.3 Å². The number of aryl methyl sites for hydroxylation is 1. The van der Waals surface area contributed by atoms with Gasteiger partial charge >= 0.3 is 0 Å². The molecule has 3 heteroatoms. The fraction of sp³-hybridized carbons (Fsp3) is 0.600. The molecule has 1 aromatic rings. The molecule has 1 fully saturated rings. The van der Waals surface area contributed by atoms with E-state index in [9.17, 15) is 0 Å². The average Bonchev–Trinajstić information content (AvgIpc) is 2.42. The second-order valence-electron chi connectivity index (χ2n) is 4.86. The maximum absolute atomic E-state index is 5.66. The summed E-state index contributed by atoms with van der Waals surface area (Å²) in [5.41, 5.74) is 2.63. The minimum absolute atomic E-state index is 0.366. The highest BCUT2D eigenvalue weighted by Gasteiger charge is 2.12. The largest absolute Gasteiger partial charge is 0.385 e. The van der Waals surface area contributed by atoms with Crippen LogP contribution in [0.25, 0.3) is 0 Å². The van der Waals surface area contributed by atoms with Gasteiger partial charge in [0.15, 0.2) is 0 Å². The predicted octanol–water partition coefficient (Wildman–Crippen LogP) is 2.43. The Bertz CT molecular complexity index is 331. The van der Waals surface area contributed by atoms with Gasteiger partial charge in [-0.3, -0.25) is 0 Å². The molecule has 1 unspecified atom stereocenters. The Kier molecular flexibility index (Phi) is 5.49. The fourth-order valence-electron chi connectivity index (χ4n) is 2.26. The molecule has 0 aromatic heterocycles. The molecule has 100 valence electrons. The first kappa shape index (κ1) is 13.4. The molecule has 0 aliphatic carbocycles. The first-order valence-electron chi connectivity index (χ1n) is 7.03. The van der Waals surface area contributed by atoms with Crippen LogP contribution >= 0.6 is 0 Å². The third-order valence-corrected chi connectivity index (χ3v) is 3.29. The van der Waals surface area contributed by atoms with Gasteiger partial charge in [0.05, 0.1) is 12.7 Å². The number of hydrogen-bond acceptors (Lipinski definition) is 3. The van der Waals surface area contributed by atoms with E-state index >= 15 is 0 Å². The smallest absolute Gasteiger partial charge is 0.0716 e. The van der Waals surface area contributed by atoms with Crippen molar-refractivity contribution in [1.82, 2.24) is 5.32 Å². The Labute approximate surface area is 110 Å². The Morgan fingerprint density at radius 1 is 1.33 bits per heavy atom. The van der Waals surface area contributed by atoms with Crippen molar-refractivity contribution in [3.8, 4) is 0 Å². The molecule has 1 aliphatic heterocycles. The van der Waals surface area contributed by atoms with E-state index in [1.807, 2.05) is 0 Å². The molecule has 1 atom stereocenters. The van der Waals surface area contributed by atoms with E-state index in [0.717, 1.165) is 32.7 Å². The lowest BCUT2D eigenvalue weighted by Gasteiger charge is -2.23. The topological polar surface area (TPSA) is 33.3 Å². The van der Waals surface area contributed by atoms with Crippen molar-refractivity contribution < 1.29 is 4.74 Å². The molecule has 18 heavy (non-hydrogen) atoms. The molecule has 0 bridgehead atoms. The lowest BCUT2D eigenvalue weighted by Crippen LogP contribution is -2.39. The van der Waals surface area contributed by atoms with Crippen molar-refractivity contribution in [2.24, 2.45) is 0 Å². The Morgan fingerprint density at radius 3 is 2.83 bits per heavy atom. The van der Waals surface area contributed by atoms with Gasteiger partial charge in [-0.05, 0) is 30.5 Å². The number of rotatable bonds is 6. The molecular weight excluding hydrogens is 224 g/mol.